The first kappa shape index (κ1) is 22.0. The van der Waals surface area contributed by atoms with E-state index < -0.39 is 5.97 Å². The summed E-state index contributed by atoms with van der Waals surface area (Å²) in [6, 6.07) is 13.4. The van der Waals surface area contributed by atoms with Gasteiger partial charge in [0, 0.05) is 22.2 Å². The van der Waals surface area contributed by atoms with Gasteiger partial charge in [0.15, 0.2) is 12.6 Å². The third kappa shape index (κ3) is 4.00. The summed E-state index contributed by atoms with van der Waals surface area (Å²) >= 11 is 6.24. The van der Waals surface area contributed by atoms with Crippen LogP contribution in [0.25, 0.3) is 6.08 Å². The van der Waals surface area contributed by atoms with Gasteiger partial charge in [0.25, 0.3) is 0 Å². The molecule has 0 spiro atoms. The van der Waals surface area contributed by atoms with Gasteiger partial charge >= 0.3 is 5.97 Å². The molecule has 0 unspecified atom stereocenters. The smallest absolute Gasteiger partial charge is 0.347 e. The van der Waals surface area contributed by atoms with Crippen LogP contribution in [0.2, 0.25) is 5.02 Å². The Labute approximate surface area is 200 Å². The number of benzene rings is 3. The predicted octanol–water partition coefficient (Wildman–Crippen LogP) is 5.36. The second-order valence-corrected chi connectivity index (χ2v) is 8.17. The van der Waals surface area contributed by atoms with Crippen molar-refractivity contribution in [2.45, 2.75) is 13.5 Å². The number of aryl methyl sites for hydroxylation is 1. The molecule has 0 aromatic heterocycles. The van der Waals surface area contributed by atoms with E-state index in [4.69, 9.17) is 35.3 Å². The molecule has 34 heavy (non-hydrogen) atoms. The highest BCUT2D eigenvalue weighted by Crippen LogP contribution is 2.40. The molecule has 0 bridgehead atoms. The Hall–Kier alpha value is -3.81. The van der Waals surface area contributed by atoms with Crippen molar-refractivity contribution >= 4 is 29.4 Å². The molecule has 2 aliphatic heterocycles. The van der Waals surface area contributed by atoms with Gasteiger partial charge in [0.1, 0.15) is 28.6 Å². The molecule has 0 atom stereocenters. The zero-order valence-corrected chi connectivity index (χ0v) is 19.1. The maximum absolute atomic E-state index is 13.1. The lowest BCUT2D eigenvalue weighted by molar-refractivity contribution is -0.0165. The van der Waals surface area contributed by atoms with Gasteiger partial charge < -0.3 is 23.7 Å². The first-order valence-corrected chi connectivity index (χ1v) is 10.8. The Morgan fingerprint density at radius 3 is 2.79 bits per heavy atom. The highest BCUT2D eigenvalue weighted by molar-refractivity contribution is 6.31. The maximum Gasteiger partial charge on any atom is 0.347 e. The number of Topliss-reactive ketones (excluding diaryl/α,β-unsaturated/α-hetero) is 1. The number of fused-ring (bicyclic) bond motifs is 2. The monoisotopic (exact) mass is 478 g/mol. The molecule has 0 N–H and O–H groups in total. The van der Waals surface area contributed by atoms with Gasteiger partial charge in [-0.1, -0.05) is 23.7 Å². The number of carbonyl (C=O) groups excluding carboxylic acids is 2. The molecule has 2 heterocycles. The predicted molar refractivity (Wildman–Crippen MR) is 124 cm³/mol. The number of halogens is 1. The summed E-state index contributed by atoms with van der Waals surface area (Å²) in [5, 5.41) is 0.490. The van der Waals surface area contributed by atoms with Gasteiger partial charge in [-0.2, -0.15) is 0 Å². The summed E-state index contributed by atoms with van der Waals surface area (Å²) in [7, 11) is 1.48. The zero-order chi connectivity index (χ0) is 23.8. The van der Waals surface area contributed by atoms with Crippen molar-refractivity contribution in [1.82, 2.24) is 0 Å². The number of methoxy groups -OCH3 is 1. The molecule has 5 rings (SSSR count). The Morgan fingerprint density at radius 2 is 1.97 bits per heavy atom. The van der Waals surface area contributed by atoms with E-state index in [0.29, 0.717) is 45.6 Å². The quantitative estimate of drug-likeness (QED) is 0.284. The third-order valence-electron chi connectivity index (χ3n) is 5.47. The minimum absolute atomic E-state index is 0.111. The number of para-hydroxylation sites is 1. The highest BCUT2D eigenvalue weighted by Gasteiger charge is 2.31. The largest absolute Gasteiger partial charge is 0.496 e. The van der Waals surface area contributed by atoms with Crippen LogP contribution < -0.4 is 18.9 Å². The van der Waals surface area contributed by atoms with Crippen molar-refractivity contribution in [3.05, 3.63) is 87.1 Å². The number of esters is 1. The average Bonchev–Trinajstić information content (AvgIpc) is 3.14. The fraction of sp³-hybridized carbons (Fsp3) is 0.154. The molecule has 0 amide bonds. The number of ether oxygens (including phenoxy) is 5. The minimum Gasteiger partial charge on any atom is -0.496 e. The first-order valence-electron chi connectivity index (χ1n) is 10.4. The zero-order valence-electron chi connectivity index (χ0n) is 18.3. The lowest BCUT2D eigenvalue weighted by Crippen LogP contribution is -2.12. The van der Waals surface area contributed by atoms with E-state index in [1.165, 1.54) is 13.2 Å². The van der Waals surface area contributed by atoms with E-state index in [1.807, 2.05) is 0 Å². The molecule has 0 saturated carbocycles. The molecule has 2 aliphatic rings. The van der Waals surface area contributed by atoms with Gasteiger partial charge in [-0.25, -0.2) is 4.79 Å². The number of allylic oxidation sites excluding steroid dienone is 1. The van der Waals surface area contributed by atoms with Crippen molar-refractivity contribution < 1.29 is 33.3 Å². The molecule has 3 aromatic carbocycles. The van der Waals surface area contributed by atoms with Crippen LogP contribution in [-0.4, -0.2) is 25.7 Å². The van der Waals surface area contributed by atoms with E-state index in [0.717, 1.165) is 5.56 Å². The van der Waals surface area contributed by atoms with Crippen LogP contribution in [-0.2, 0) is 11.3 Å². The van der Waals surface area contributed by atoms with Gasteiger partial charge in [0.05, 0.1) is 19.3 Å². The summed E-state index contributed by atoms with van der Waals surface area (Å²) in [4.78, 5) is 25.8. The fourth-order valence-corrected chi connectivity index (χ4v) is 4.22. The van der Waals surface area contributed by atoms with Gasteiger partial charge in [-0.05, 0) is 48.9 Å². The summed E-state index contributed by atoms with van der Waals surface area (Å²) < 4.78 is 27.6. The Balaban J connectivity index is 1.45. The summed E-state index contributed by atoms with van der Waals surface area (Å²) in [6.07, 6.45) is 1.60. The van der Waals surface area contributed by atoms with E-state index >= 15 is 0 Å². The minimum atomic E-state index is -0.582. The van der Waals surface area contributed by atoms with Crippen LogP contribution in [0.4, 0.5) is 0 Å². The molecule has 0 radical (unpaired) electrons. The second-order valence-electron chi connectivity index (χ2n) is 7.74. The van der Waals surface area contributed by atoms with E-state index in [-0.39, 0.29) is 29.6 Å². The lowest BCUT2D eigenvalue weighted by Gasteiger charge is -2.20. The van der Waals surface area contributed by atoms with Crippen LogP contribution in [0.15, 0.2) is 54.3 Å². The molecular weight excluding hydrogens is 460 g/mol. The van der Waals surface area contributed by atoms with E-state index in [9.17, 15) is 9.59 Å². The first-order chi connectivity index (χ1) is 16.4. The summed E-state index contributed by atoms with van der Waals surface area (Å²) in [5.74, 6) is 0.808. The second kappa shape index (κ2) is 8.85. The van der Waals surface area contributed by atoms with Crippen molar-refractivity contribution in [3.8, 4) is 23.0 Å². The van der Waals surface area contributed by atoms with E-state index in [1.54, 1.807) is 55.5 Å². The van der Waals surface area contributed by atoms with Crippen LogP contribution in [0.3, 0.4) is 0 Å². The Bertz CT molecular complexity index is 1360. The van der Waals surface area contributed by atoms with Gasteiger partial charge in [-0.3, -0.25) is 4.79 Å². The number of rotatable bonds is 4. The summed E-state index contributed by atoms with van der Waals surface area (Å²) in [5.41, 5.74) is 2.71. The number of hydrogen-bond donors (Lipinski definition) is 0. The Kier molecular flexibility index (Phi) is 5.73. The maximum atomic E-state index is 13.1. The van der Waals surface area contributed by atoms with Gasteiger partial charge in [-0.15, -0.1) is 0 Å². The van der Waals surface area contributed by atoms with Crippen LogP contribution in [0.5, 0.6) is 23.0 Å². The fourth-order valence-electron chi connectivity index (χ4n) is 3.97. The van der Waals surface area contributed by atoms with Gasteiger partial charge in [0.2, 0.25) is 5.78 Å². The van der Waals surface area contributed by atoms with Crippen LogP contribution >= 0.6 is 11.6 Å². The van der Waals surface area contributed by atoms with E-state index in [2.05, 4.69) is 0 Å². The van der Waals surface area contributed by atoms with Crippen molar-refractivity contribution in [2.75, 3.05) is 13.9 Å². The SMILES string of the molecule is COc1ccccc1C(=O)Oc1cc(C)c2c(c1)O/C(=C\c1cc(Cl)cc3c1OCOC3)C2=O. The molecule has 7 nitrogen and oxygen atoms in total. The van der Waals surface area contributed by atoms with Crippen LogP contribution in [0, 0.1) is 6.92 Å². The number of ketones is 1. The van der Waals surface area contributed by atoms with Crippen LogP contribution in [0.1, 0.15) is 37.4 Å². The summed E-state index contributed by atoms with van der Waals surface area (Å²) in [6.45, 7) is 2.23. The standard InChI is InChI=1S/C26H19ClO7/c1-14-7-18(33-26(29)19-5-3-4-6-20(19)30-2)11-21-23(14)24(28)22(34-21)10-15-8-17(27)9-16-12-31-13-32-25(15)16/h3-11H,12-13H2,1-2H3/b22-10-. The molecule has 3 aromatic rings. The molecule has 8 heteroatoms. The Morgan fingerprint density at radius 1 is 1.15 bits per heavy atom. The highest BCUT2D eigenvalue weighted by atomic mass is 35.5. The molecular formula is C26H19ClO7. The molecule has 0 saturated heterocycles. The topological polar surface area (TPSA) is 80.3 Å². The number of hydrogen-bond acceptors (Lipinski definition) is 7. The molecule has 172 valence electrons. The lowest BCUT2D eigenvalue weighted by atomic mass is 10.0. The van der Waals surface area contributed by atoms with Crippen molar-refractivity contribution in [2.24, 2.45) is 0 Å². The molecule has 0 aliphatic carbocycles. The van der Waals surface area contributed by atoms with Crippen molar-refractivity contribution in [3.63, 3.8) is 0 Å². The molecule has 0 fully saturated rings. The third-order valence-corrected chi connectivity index (χ3v) is 5.69. The normalized spacial score (nSPS) is 15.3. The van der Waals surface area contributed by atoms with Crippen molar-refractivity contribution in [1.29, 1.82) is 0 Å². The average molecular weight is 479 g/mol. The number of carbonyl (C=O) groups is 2.